The highest BCUT2D eigenvalue weighted by molar-refractivity contribution is 5.48. The Labute approximate surface area is 122 Å². The van der Waals surface area contributed by atoms with Gasteiger partial charge in [-0.05, 0) is 42.3 Å². The third-order valence-electron chi connectivity index (χ3n) is 3.93. The Kier molecular flexibility index (Phi) is 3.33. The standard InChI is InChI=1S/C17H17FO3/c1-17(19,16-13(18)4-3-5-15(16)20-2)12-6-7-14-11(10-12)8-9-21-14/h3-7,10,19H,8-9H2,1-2H3. The van der Waals surface area contributed by atoms with Crippen LogP contribution in [0.3, 0.4) is 0 Å². The quantitative estimate of drug-likeness (QED) is 0.943. The summed E-state index contributed by atoms with van der Waals surface area (Å²) in [4.78, 5) is 0. The second-order valence-electron chi connectivity index (χ2n) is 5.31. The molecule has 21 heavy (non-hydrogen) atoms. The number of hydrogen-bond donors (Lipinski definition) is 1. The number of aliphatic hydroxyl groups is 1. The Morgan fingerprint density at radius 3 is 2.86 bits per heavy atom. The maximum absolute atomic E-state index is 14.2. The van der Waals surface area contributed by atoms with Gasteiger partial charge in [-0.15, -0.1) is 0 Å². The molecule has 0 bridgehead atoms. The zero-order valence-corrected chi connectivity index (χ0v) is 12.0. The van der Waals surface area contributed by atoms with Crippen LogP contribution in [0.4, 0.5) is 4.39 Å². The van der Waals surface area contributed by atoms with Crippen molar-refractivity contribution in [2.45, 2.75) is 18.9 Å². The highest BCUT2D eigenvalue weighted by Crippen LogP contribution is 2.39. The van der Waals surface area contributed by atoms with Crippen LogP contribution in [0, 0.1) is 5.82 Å². The van der Waals surface area contributed by atoms with Crippen molar-refractivity contribution < 1.29 is 19.0 Å². The molecule has 3 rings (SSSR count). The molecule has 1 aliphatic heterocycles. The second kappa shape index (κ2) is 5.04. The molecule has 0 radical (unpaired) electrons. The summed E-state index contributed by atoms with van der Waals surface area (Å²) in [5.41, 5.74) is 0.318. The highest BCUT2D eigenvalue weighted by atomic mass is 19.1. The van der Waals surface area contributed by atoms with Crippen molar-refractivity contribution in [1.82, 2.24) is 0 Å². The van der Waals surface area contributed by atoms with E-state index >= 15 is 0 Å². The predicted molar refractivity (Wildman–Crippen MR) is 77.3 cm³/mol. The summed E-state index contributed by atoms with van der Waals surface area (Å²) in [7, 11) is 1.46. The maximum atomic E-state index is 14.2. The second-order valence-corrected chi connectivity index (χ2v) is 5.31. The fraction of sp³-hybridized carbons (Fsp3) is 0.294. The molecule has 110 valence electrons. The van der Waals surface area contributed by atoms with E-state index < -0.39 is 11.4 Å². The Bertz CT molecular complexity index is 680. The average molecular weight is 288 g/mol. The molecular weight excluding hydrogens is 271 g/mol. The lowest BCUT2D eigenvalue weighted by molar-refractivity contribution is 0.0944. The molecule has 1 N–H and O–H groups in total. The molecule has 1 atom stereocenters. The van der Waals surface area contributed by atoms with Gasteiger partial charge in [0.05, 0.1) is 19.3 Å². The third-order valence-corrected chi connectivity index (χ3v) is 3.93. The zero-order valence-electron chi connectivity index (χ0n) is 12.0. The first-order valence-electron chi connectivity index (χ1n) is 6.85. The third kappa shape index (κ3) is 2.25. The van der Waals surface area contributed by atoms with Crippen molar-refractivity contribution in [3.05, 3.63) is 58.9 Å². The lowest BCUT2D eigenvalue weighted by atomic mass is 9.86. The maximum Gasteiger partial charge on any atom is 0.133 e. The first-order valence-corrected chi connectivity index (χ1v) is 6.85. The number of methoxy groups -OCH3 is 1. The van der Waals surface area contributed by atoms with Gasteiger partial charge in [0.15, 0.2) is 0 Å². The highest BCUT2D eigenvalue weighted by Gasteiger charge is 2.33. The van der Waals surface area contributed by atoms with Crippen molar-refractivity contribution in [3.63, 3.8) is 0 Å². The van der Waals surface area contributed by atoms with E-state index in [1.165, 1.54) is 13.2 Å². The van der Waals surface area contributed by atoms with Gasteiger partial charge in [0.1, 0.15) is 22.9 Å². The molecule has 0 amide bonds. The van der Waals surface area contributed by atoms with Crippen LogP contribution in [0.25, 0.3) is 0 Å². The lowest BCUT2D eigenvalue weighted by Gasteiger charge is -2.27. The first-order chi connectivity index (χ1) is 10.0. The van der Waals surface area contributed by atoms with E-state index in [0.717, 1.165) is 17.7 Å². The molecule has 1 unspecified atom stereocenters. The number of ether oxygens (including phenoxy) is 2. The van der Waals surface area contributed by atoms with Crippen LogP contribution in [-0.2, 0) is 12.0 Å². The predicted octanol–water partition coefficient (Wildman–Crippen LogP) is 3.03. The molecule has 2 aromatic carbocycles. The van der Waals surface area contributed by atoms with E-state index in [-0.39, 0.29) is 5.56 Å². The number of fused-ring (bicyclic) bond motifs is 1. The number of benzene rings is 2. The van der Waals surface area contributed by atoms with Crippen LogP contribution in [0.1, 0.15) is 23.6 Å². The van der Waals surface area contributed by atoms with Gasteiger partial charge in [-0.1, -0.05) is 12.1 Å². The Morgan fingerprint density at radius 1 is 1.29 bits per heavy atom. The summed E-state index contributed by atoms with van der Waals surface area (Å²) in [6, 6.07) is 9.97. The number of halogens is 1. The minimum atomic E-state index is -1.48. The Hall–Kier alpha value is -2.07. The number of hydrogen-bond acceptors (Lipinski definition) is 3. The van der Waals surface area contributed by atoms with Crippen molar-refractivity contribution in [1.29, 1.82) is 0 Å². The van der Waals surface area contributed by atoms with Crippen LogP contribution in [0.2, 0.25) is 0 Å². The Morgan fingerprint density at radius 2 is 2.10 bits per heavy atom. The molecule has 0 spiro atoms. The van der Waals surface area contributed by atoms with E-state index in [2.05, 4.69) is 0 Å². The van der Waals surface area contributed by atoms with Crippen molar-refractivity contribution in [2.24, 2.45) is 0 Å². The zero-order chi connectivity index (χ0) is 15.0. The van der Waals surface area contributed by atoms with Gasteiger partial charge in [-0.25, -0.2) is 4.39 Å². The summed E-state index contributed by atoms with van der Waals surface area (Å²) in [5, 5.41) is 10.9. The van der Waals surface area contributed by atoms with Gasteiger partial charge in [0, 0.05) is 6.42 Å². The lowest BCUT2D eigenvalue weighted by Crippen LogP contribution is -2.25. The van der Waals surface area contributed by atoms with Crippen molar-refractivity contribution in [2.75, 3.05) is 13.7 Å². The topological polar surface area (TPSA) is 38.7 Å². The molecular formula is C17H17FO3. The summed E-state index contributed by atoms with van der Waals surface area (Å²) in [6.45, 7) is 2.22. The summed E-state index contributed by atoms with van der Waals surface area (Å²) >= 11 is 0. The fourth-order valence-electron chi connectivity index (χ4n) is 2.78. The number of rotatable bonds is 3. The molecule has 0 saturated heterocycles. The average Bonchev–Trinajstić information content (AvgIpc) is 2.93. The van der Waals surface area contributed by atoms with Crippen molar-refractivity contribution in [3.8, 4) is 11.5 Å². The molecule has 4 heteroatoms. The minimum Gasteiger partial charge on any atom is -0.496 e. The van der Waals surface area contributed by atoms with Crippen LogP contribution in [-0.4, -0.2) is 18.8 Å². The Balaban J connectivity index is 2.12. The van der Waals surface area contributed by atoms with E-state index in [1.807, 2.05) is 12.1 Å². The first kappa shape index (κ1) is 13.9. The summed E-state index contributed by atoms with van der Waals surface area (Å²) in [5.74, 6) is 0.669. The van der Waals surface area contributed by atoms with Gasteiger partial charge in [-0.2, -0.15) is 0 Å². The van der Waals surface area contributed by atoms with Crippen LogP contribution < -0.4 is 9.47 Å². The van der Waals surface area contributed by atoms with E-state index in [9.17, 15) is 9.50 Å². The van der Waals surface area contributed by atoms with Gasteiger partial charge in [0.2, 0.25) is 0 Å². The van der Waals surface area contributed by atoms with Crippen LogP contribution in [0.5, 0.6) is 11.5 Å². The fourth-order valence-corrected chi connectivity index (χ4v) is 2.78. The summed E-state index contributed by atoms with van der Waals surface area (Å²) < 4.78 is 24.9. The van der Waals surface area contributed by atoms with Crippen LogP contribution in [0.15, 0.2) is 36.4 Å². The van der Waals surface area contributed by atoms with Crippen LogP contribution >= 0.6 is 0 Å². The van der Waals surface area contributed by atoms with E-state index in [1.54, 1.807) is 25.1 Å². The molecule has 3 nitrogen and oxygen atoms in total. The molecule has 1 aliphatic rings. The van der Waals surface area contributed by atoms with Gasteiger partial charge < -0.3 is 14.6 Å². The molecule has 2 aromatic rings. The van der Waals surface area contributed by atoms with Gasteiger partial charge in [-0.3, -0.25) is 0 Å². The molecule has 1 heterocycles. The van der Waals surface area contributed by atoms with E-state index in [0.29, 0.717) is 17.9 Å². The van der Waals surface area contributed by atoms with Gasteiger partial charge >= 0.3 is 0 Å². The normalized spacial score (nSPS) is 16.0. The van der Waals surface area contributed by atoms with Crippen molar-refractivity contribution >= 4 is 0 Å². The van der Waals surface area contributed by atoms with E-state index in [4.69, 9.17) is 9.47 Å². The van der Waals surface area contributed by atoms with Gasteiger partial charge in [0.25, 0.3) is 0 Å². The summed E-state index contributed by atoms with van der Waals surface area (Å²) in [6.07, 6.45) is 0.799. The molecule has 0 fully saturated rings. The minimum absolute atomic E-state index is 0.145. The molecule has 0 saturated carbocycles. The SMILES string of the molecule is COc1cccc(F)c1C(C)(O)c1ccc2c(c1)CCO2. The largest absolute Gasteiger partial charge is 0.496 e. The molecule has 0 aliphatic carbocycles. The smallest absolute Gasteiger partial charge is 0.133 e. The molecule has 0 aromatic heterocycles. The monoisotopic (exact) mass is 288 g/mol.